The van der Waals surface area contributed by atoms with Crippen molar-refractivity contribution in [2.75, 3.05) is 13.2 Å². The van der Waals surface area contributed by atoms with Crippen LogP contribution in [0.25, 0.3) is 0 Å². The average Bonchev–Trinajstić information content (AvgIpc) is 2.45. The van der Waals surface area contributed by atoms with E-state index in [0.29, 0.717) is 10.8 Å². The van der Waals surface area contributed by atoms with Crippen molar-refractivity contribution in [1.82, 2.24) is 4.72 Å². The summed E-state index contributed by atoms with van der Waals surface area (Å²) in [4.78, 5) is -0.0435. The van der Waals surface area contributed by atoms with E-state index in [-0.39, 0.29) is 23.1 Å². The minimum Gasteiger partial charge on any atom is -0.492 e. The third kappa shape index (κ3) is 5.11. The number of sulfonamides is 1. The summed E-state index contributed by atoms with van der Waals surface area (Å²) in [6, 6.07) is 10.1. The summed E-state index contributed by atoms with van der Waals surface area (Å²) >= 11 is 11.7. The van der Waals surface area contributed by atoms with E-state index in [4.69, 9.17) is 27.9 Å². The van der Waals surface area contributed by atoms with Gasteiger partial charge in [-0.05, 0) is 55.3 Å². The molecule has 1 N–H and O–H groups in total. The van der Waals surface area contributed by atoms with Crippen LogP contribution < -0.4 is 9.46 Å². The average molecular weight is 374 g/mol. The van der Waals surface area contributed by atoms with Gasteiger partial charge >= 0.3 is 0 Å². The first-order chi connectivity index (χ1) is 10.8. The van der Waals surface area contributed by atoms with Crippen LogP contribution in [0.15, 0.2) is 41.3 Å². The summed E-state index contributed by atoms with van der Waals surface area (Å²) in [6.07, 6.45) is 0. The molecule has 0 spiro atoms. The molecule has 0 aliphatic heterocycles. The highest BCUT2D eigenvalue weighted by Gasteiger charge is 2.17. The third-order valence-corrected chi connectivity index (χ3v) is 5.22. The Morgan fingerprint density at radius 2 is 1.70 bits per heavy atom. The number of ether oxygens (including phenoxy) is 1. The fourth-order valence-corrected chi connectivity index (χ4v) is 3.90. The fourth-order valence-electron chi connectivity index (χ4n) is 2.12. The Kier molecular flexibility index (Phi) is 5.92. The Balaban J connectivity index is 1.96. The van der Waals surface area contributed by atoms with E-state index in [1.807, 2.05) is 32.0 Å². The van der Waals surface area contributed by atoms with Gasteiger partial charge in [0.2, 0.25) is 10.0 Å². The predicted octanol–water partition coefficient (Wildman–Crippen LogP) is 3.97. The molecular formula is C16H17Cl2NO3S. The molecule has 0 atom stereocenters. The summed E-state index contributed by atoms with van der Waals surface area (Å²) in [5, 5.41) is 0.429. The highest BCUT2D eigenvalue weighted by Crippen LogP contribution is 2.24. The fraction of sp³-hybridized carbons (Fsp3) is 0.250. The van der Waals surface area contributed by atoms with Gasteiger partial charge in [0.05, 0.1) is 5.02 Å². The third-order valence-electron chi connectivity index (χ3n) is 3.04. The van der Waals surface area contributed by atoms with Crippen LogP contribution in [0.5, 0.6) is 5.75 Å². The van der Waals surface area contributed by atoms with Crippen LogP contribution in [0.3, 0.4) is 0 Å². The zero-order valence-corrected chi connectivity index (χ0v) is 15.1. The van der Waals surface area contributed by atoms with E-state index < -0.39 is 10.0 Å². The summed E-state index contributed by atoms with van der Waals surface area (Å²) in [7, 11) is -3.73. The summed E-state index contributed by atoms with van der Waals surface area (Å²) in [6.45, 7) is 4.28. The number of hydrogen-bond acceptors (Lipinski definition) is 3. The van der Waals surface area contributed by atoms with Gasteiger partial charge in [0, 0.05) is 11.6 Å². The maximum Gasteiger partial charge on any atom is 0.242 e. The van der Waals surface area contributed by atoms with Gasteiger partial charge in [-0.3, -0.25) is 0 Å². The van der Waals surface area contributed by atoms with Crippen molar-refractivity contribution < 1.29 is 13.2 Å². The molecule has 2 aromatic carbocycles. The van der Waals surface area contributed by atoms with Crippen molar-refractivity contribution in [2.24, 2.45) is 0 Å². The lowest BCUT2D eigenvalue weighted by Crippen LogP contribution is -2.28. The van der Waals surface area contributed by atoms with Gasteiger partial charge in [0.15, 0.2) is 0 Å². The number of aryl methyl sites for hydroxylation is 2. The molecule has 2 rings (SSSR count). The second-order valence-electron chi connectivity index (χ2n) is 5.14. The van der Waals surface area contributed by atoms with Gasteiger partial charge < -0.3 is 4.74 Å². The highest BCUT2D eigenvalue weighted by molar-refractivity contribution is 7.89. The molecular weight excluding hydrogens is 357 g/mol. The van der Waals surface area contributed by atoms with E-state index in [2.05, 4.69) is 4.72 Å². The van der Waals surface area contributed by atoms with Crippen LogP contribution in [0.1, 0.15) is 11.1 Å². The molecule has 4 nitrogen and oxygen atoms in total. The molecule has 0 unspecified atom stereocenters. The second kappa shape index (κ2) is 7.53. The molecule has 124 valence electrons. The van der Waals surface area contributed by atoms with Crippen LogP contribution in [-0.2, 0) is 10.0 Å². The molecule has 0 bridgehead atoms. The van der Waals surface area contributed by atoms with Crippen molar-refractivity contribution >= 4 is 33.2 Å². The first-order valence-electron chi connectivity index (χ1n) is 6.94. The molecule has 0 radical (unpaired) electrons. The maximum atomic E-state index is 12.2. The van der Waals surface area contributed by atoms with E-state index in [1.54, 1.807) is 0 Å². The highest BCUT2D eigenvalue weighted by atomic mass is 35.5. The van der Waals surface area contributed by atoms with Crippen LogP contribution in [0.4, 0.5) is 0 Å². The topological polar surface area (TPSA) is 55.4 Å². The van der Waals surface area contributed by atoms with Gasteiger partial charge in [0.1, 0.15) is 17.3 Å². The molecule has 23 heavy (non-hydrogen) atoms. The van der Waals surface area contributed by atoms with Crippen molar-refractivity contribution in [3.05, 3.63) is 57.6 Å². The van der Waals surface area contributed by atoms with Gasteiger partial charge in [-0.25, -0.2) is 13.1 Å². The first kappa shape index (κ1) is 18.1. The molecule has 0 heterocycles. The summed E-state index contributed by atoms with van der Waals surface area (Å²) in [5.74, 6) is 0.711. The zero-order valence-electron chi connectivity index (χ0n) is 12.8. The standard InChI is InChI=1S/C16H17Cl2NO3S/c1-11-7-12(2)9-14(8-11)22-6-5-19-23(20,21)16-10-13(17)3-4-15(16)18/h3-4,7-10,19H,5-6H2,1-2H3. The van der Waals surface area contributed by atoms with Crippen LogP contribution in [0.2, 0.25) is 10.0 Å². The Morgan fingerprint density at radius 3 is 2.35 bits per heavy atom. The number of benzene rings is 2. The van der Waals surface area contributed by atoms with Gasteiger partial charge in [-0.15, -0.1) is 0 Å². The molecule has 0 fully saturated rings. The Hall–Kier alpha value is -1.27. The quantitative estimate of drug-likeness (QED) is 0.779. The summed E-state index contributed by atoms with van der Waals surface area (Å²) < 4.78 is 32.4. The molecule has 0 amide bonds. The van der Waals surface area contributed by atoms with E-state index in [1.165, 1.54) is 18.2 Å². The molecule has 0 saturated carbocycles. The smallest absolute Gasteiger partial charge is 0.242 e. The number of rotatable bonds is 6. The Bertz CT molecular complexity index is 787. The molecule has 0 aliphatic carbocycles. The number of nitrogens with one attached hydrogen (secondary N) is 1. The number of hydrogen-bond donors (Lipinski definition) is 1. The van der Waals surface area contributed by atoms with Crippen LogP contribution in [0, 0.1) is 13.8 Å². The second-order valence-corrected chi connectivity index (χ2v) is 7.72. The normalized spacial score (nSPS) is 11.5. The number of halogens is 2. The molecule has 0 aromatic heterocycles. The monoisotopic (exact) mass is 373 g/mol. The molecule has 0 aliphatic rings. The van der Waals surface area contributed by atoms with E-state index in [0.717, 1.165) is 11.1 Å². The minimum absolute atomic E-state index is 0.0435. The van der Waals surface area contributed by atoms with Crippen LogP contribution in [-0.4, -0.2) is 21.6 Å². The van der Waals surface area contributed by atoms with Gasteiger partial charge in [-0.2, -0.15) is 0 Å². The molecule has 0 saturated heterocycles. The van der Waals surface area contributed by atoms with Crippen molar-refractivity contribution in [1.29, 1.82) is 0 Å². The lowest BCUT2D eigenvalue weighted by molar-refractivity contribution is 0.322. The Morgan fingerprint density at radius 1 is 1.04 bits per heavy atom. The van der Waals surface area contributed by atoms with Gasteiger partial charge in [0.25, 0.3) is 0 Å². The van der Waals surface area contributed by atoms with Gasteiger partial charge in [-0.1, -0.05) is 29.3 Å². The minimum atomic E-state index is -3.73. The van der Waals surface area contributed by atoms with Crippen molar-refractivity contribution in [2.45, 2.75) is 18.7 Å². The van der Waals surface area contributed by atoms with Crippen LogP contribution >= 0.6 is 23.2 Å². The lowest BCUT2D eigenvalue weighted by atomic mass is 10.1. The van der Waals surface area contributed by atoms with Crippen molar-refractivity contribution in [3.63, 3.8) is 0 Å². The summed E-state index contributed by atoms with van der Waals surface area (Å²) in [5.41, 5.74) is 2.18. The predicted molar refractivity (Wildman–Crippen MR) is 93.1 cm³/mol. The van der Waals surface area contributed by atoms with E-state index >= 15 is 0 Å². The lowest BCUT2D eigenvalue weighted by Gasteiger charge is -2.11. The molecule has 7 heteroatoms. The van der Waals surface area contributed by atoms with Crippen molar-refractivity contribution in [3.8, 4) is 5.75 Å². The Labute approximate surface area is 146 Å². The maximum absolute atomic E-state index is 12.2. The molecule has 2 aromatic rings. The largest absolute Gasteiger partial charge is 0.492 e. The SMILES string of the molecule is Cc1cc(C)cc(OCCNS(=O)(=O)c2cc(Cl)ccc2Cl)c1. The zero-order chi connectivity index (χ0) is 17.0. The first-order valence-corrected chi connectivity index (χ1v) is 9.18. The van der Waals surface area contributed by atoms with E-state index in [9.17, 15) is 8.42 Å².